The van der Waals surface area contributed by atoms with Crippen LogP contribution in [-0.4, -0.2) is 29.8 Å². The van der Waals surface area contributed by atoms with Crippen molar-refractivity contribution < 1.29 is 23.9 Å². The number of para-hydroxylation sites is 1. The van der Waals surface area contributed by atoms with Crippen LogP contribution in [0.2, 0.25) is 0 Å². The Hall–Kier alpha value is -2.96. The molecule has 23 heavy (non-hydrogen) atoms. The van der Waals surface area contributed by atoms with Gasteiger partial charge in [0, 0.05) is 16.8 Å². The topological polar surface area (TPSA) is 102 Å². The first kappa shape index (κ1) is 12.6. The van der Waals surface area contributed by atoms with E-state index in [2.05, 4.69) is 10.6 Å². The van der Waals surface area contributed by atoms with E-state index < -0.39 is 47.5 Å². The van der Waals surface area contributed by atoms with Crippen molar-refractivity contribution >= 4 is 35.0 Å². The molecule has 0 radical (unpaired) electrons. The van der Waals surface area contributed by atoms with E-state index in [1.54, 1.807) is 0 Å². The number of hydrogen-bond donors (Lipinski definition) is 2. The van der Waals surface area contributed by atoms with Gasteiger partial charge in [0.25, 0.3) is 5.91 Å². The van der Waals surface area contributed by atoms with Gasteiger partial charge in [-0.05, 0) is 11.6 Å². The predicted octanol–water partition coefficient (Wildman–Crippen LogP) is -0.164. The quantitative estimate of drug-likeness (QED) is 0.392. The number of cyclic esters (lactones) is 2. The van der Waals surface area contributed by atoms with Crippen LogP contribution in [0, 0.1) is 17.8 Å². The van der Waals surface area contributed by atoms with Gasteiger partial charge in [0.05, 0.1) is 23.8 Å². The van der Waals surface area contributed by atoms with Gasteiger partial charge in [0.2, 0.25) is 5.91 Å². The molecule has 7 heteroatoms. The van der Waals surface area contributed by atoms with Crippen molar-refractivity contribution in [2.45, 2.75) is 6.04 Å². The fourth-order valence-corrected chi connectivity index (χ4v) is 4.21. The molecule has 3 aliphatic heterocycles. The van der Waals surface area contributed by atoms with Gasteiger partial charge in [-0.2, -0.15) is 0 Å². The predicted molar refractivity (Wildman–Crippen MR) is 75.5 cm³/mol. The van der Waals surface area contributed by atoms with E-state index in [0.717, 1.165) is 11.3 Å². The molecule has 2 fully saturated rings. The molecule has 0 bridgehead atoms. The number of rotatable bonds is 0. The normalized spacial score (nSPS) is 33.6. The summed E-state index contributed by atoms with van der Waals surface area (Å²) in [5, 5.41) is 5.47. The van der Waals surface area contributed by atoms with Gasteiger partial charge in [-0.15, -0.1) is 0 Å². The summed E-state index contributed by atoms with van der Waals surface area (Å²) in [6, 6.07) is 6.80. The van der Waals surface area contributed by atoms with Crippen LogP contribution in [0.25, 0.3) is 5.57 Å². The lowest BCUT2D eigenvalue weighted by Crippen LogP contribution is -2.44. The average molecular weight is 310 g/mol. The Balaban J connectivity index is 1.83. The molecule has 2 N–H and O–H groups in total. The summed E-state index contributed by atoms with van der Waals surface area (Å²) in [5.41, 5.74) is 2.47. The highest BCUT2D eigenvalue weighted by Crippen LogP contribution is 2.53. The van der Waals surface area contributed by atoms with Gasteiger partial charge < -0.3 is 10.1 Å². The number of carbonyl (C=O) groups is 4. The number of imide groups is 1. The molecule has 4 atom stereocenters. The van der Waals surface area contributed by atoms with E-state index in [9.17, 15) is 19.2 Å². The smallest absolute Gasteiger partial charge is 0.319 e. The molecular weight excluding hydrogens is 300 g/mol. The zero-order valence-electron chi connectivity index (χ0n) is 11.7. The van der Waals surface area contributed by atoms with E-state index in [-0.39, 0.29) is 5.57 Å². The molecule has 1 aromatic carbocycles. The first-order valence-electron chi connectivity index (χ1n) is 7.28. The second-order valence-corrected chi connectivity index (χ2v) is 6.08. The third-order valence-corrected chi connectivity index (χ3v) is 5.05. The van der Waals surface area contributed by atoms with E-state index in [4.69, 9.17) is 4.74 Å². The summed E-state index contributed by atoms with van der Waals surface area (Å²) in [7, 11) is 0. The molecule has 0 saturated carbocycles. The van der Waals surface area contributed by atoms with Crippen molar-refractivity contribution in [3.8, 4) is 0 Å². The maximum absolute atomic E-state index is 12.3. The van der Waals surface area contributed by atoms with Gasteiger partial charge >= 0.3 is 11.9 Å². The maximum Gasteiger partial charge on any atom is 0.319 e. The standard InChI is InChI=1S/C16H10N2O5/c19-13-8-7-5-3-1-2-4-6(5)17-12(7)11-10(9(8)14(20)18-13)15(21)23-16(11)22/h1-4,9-12,17H,(H,18,19,20). The number of ether oxygens (including phenoxy) is 1. The molecule has 0 aromatic heterocycles. The minimum Gasteiger partial charge on any atom is -0.393 e. The number of esters is 2. The molecule has 5 rings (SSSR count). The Bertz CT molecular complexity index is 871. The number of benzene rings is 1. The molecular formula is C16H10N2O5. The molecule has 7 nitrogen and oxygen atoms in total. The number of nitrogens with one attached hydrogen (secondary N) is 2. The molecule has 0 spiro atoms. The van der Waals surface area contributed by atoms with Crippen molar-refractivity contribution in [3.63, 3.8) is 0 Å². The first-order chi connectivity index (χ1) is 11.1. The molecule has 1 aromatic rings. The lowest BCUT2D eigenvalue weighted by Gasteiger charge is -2.31. The second kappa shape index (κ2) is 3.87. The third-order valence-electron chi connectivity index (χ3n) is 5.05. The summed E-state index contributed by atoms with van der Waals surface area (Å²) < 4.78 is 4.77. The fourth-order valence-electron chi connectivity index (χ4n) is 4.21. The molecule has 2 saturated heterocycles. The molecule has 4 unspecified atom stereocenters. The SMILES string of the molecule is O=C1NC(=O)C2C1=C1c3ccccc3NC1C1C(=O)OC(=O)C21. The molecule has 3 heterocycles. The average Bonchev–Trinajstić information content (AvgIpc) is 3.12. The Labute approximate surface area is 129 Å². The number of carbonyl (C=O) groups excluding carboxylic acids is 4. The second-order valence-electron chi connectivity index (χ2n) is 6.08. The van der Waals surface area contributed by atoms with E-state index >= 15 is 0 Å². The lowest BCUT2D eigenvalue weighted by molar-refractivity contribution is -0.154. The van der Waals surface area contributed by atoms with Gasteiger partial charge in [-0.1, -0.05) is 18.2 Å². The summed E-state index contributed by atoms with van der Waals surface area (Å²) >= 11 is 0. The first-order valence-corrected chi connectivity index (χ1v) is 7.28. The van der Waals surface area contributed by atoms with E-state index in [0.29, 0.717) is 5.57 Å². The van der Waals surface area contributed by atoms with Crippen LogP contribution in [0.15, 0.2) is 29.8 Å². The summed E-state index contributed by atoms with van der Waals surface area (Å²) in [4.78, 5) is 48.8. The minimum atomic E-state index is -0.953. The van der Waals surface area contributed by atoms with Crippen LogP contribution in [0.1, 0.15) is 5.56 Å². The van der Waals surface area contributed by atoms with Gasteiger partial charge in [-0.3, -0.25) is 24.5 Å². The Morgan fingerprint density at radius 2 is 1.65 bits per heavy atom. The van der Waals surface area contributed by atoms with Crippen molar-refractivity contribution in [1.29, 1.82) is 0 Å². The molecule has 114 valence electrons. The third kappa shape index (κ3) is 1.35. The van der Waals surface area contributed by atoms with Crippen molar-refractivity contribution in [2.24, 2.45) is 17.8 Å². The number of anilines is 1. The van der Waals surface area contributed by atoms with Crippen molar-refractivity contribution in [2.75, 3.05) is 5.32 Å². The highest BCUT2D eigenvalue weighted by molar-refractivity contribution is 6.23. The van der Waals surface area contributed by atoms with Crippen LogP contribution in [0.3, 0.4) is 0 Å². The monoisotopic (exact) mass is 310 g/mol. The van der Waals surface area contributed by atoms with Gasteiger partial charge in [-0.25, -0.2) is 0 Å². The van der Waals surface area contributed by atoms with E-state index in [1.807, 2.05) is 24.3 Å². The van der Waals surface area contributed by atoms with Gasteiger partial charge in [0.15, 0.2) is 0 Å². The molecule has 4 aliphatic rings. The lowest BCUT2D eigenvalue weighted by atomic mass is 9.68. The van der Waals surface area contributed by atoms with E-state index in [1.165, 1.54) is 0 Å². The van der Waals surface area contributed by atoms with Crippen LogP contribution in [0.5, 0.6) is 0 Å². The Morgan fingerprint density at radius 3 is 2.48 bits per heavy atom. The largest absolute Gasteiger partial charge is 0.393 e. The number of hydrogen-bond acceptors (Lipinski definition) is 6. The minimum absolute atomic E-state index is 0.283. The number of fused-ring (bicyclic) bond motifs is 7. The zero-order valence-corrected chi connectivity index (χ0v) is 11.7. The van der Waals surface area contributed by atoms with Crippen LogP contribution < -0.4 is 10.6 Å². The van der Waals surface area contributed by atoms with Crippen molar-refractivity contribution in [1.82, 2.24) is 5.32 Å². The zero-order chi connectivity index (χ0) is 15.9. The fraction of sp³-hybridized carbons (Fsp3) is 0.250. The maximum atomic E-state index is 12.3. The highest BCUT2D eigenvalue weighted by atomic mass is 16.6. The van der Waals surface area contributed by atoms with Gasteiger partial charge in [0.1, 0.15) is 0 Å². The van der Waals surface area contributed by atoms with Crippen LogP contribution in [-0.2, 0) is 23.9 Å². The molecule has 1 aliphatic carbocycles. The summed E-state index contributed by atoms with van der Waals surface area (Å²) in [6.45, 7) is 0. The van der Waals surface area contributed by atoms with Crippen LogP contribution in [0.4, 0.5) is 5.69 Å². The molecule has 2 amide bonds. The summed E-state index contributed by atoms with van der Waals surface area (Å²) in [5.74, 6) is -5.11. The Kier molecular flexibility index (Phi) is 2.11. The van der Waals surface area contributed by atoms with Crippen molar-refractivity contribution in [3.05, 3.63) is 35.4 Å². The Morgan fingerprint density at radius 1 is 0.913 bits per heavy atom. The summed E-state index contributed by atoms with van der Waals surface area (Å²) in [6.07, 6.45) is 0. The highest BCUT2D eigenvalue weighted by Gasteiger charge is 2.63. The number of amides is 2. The van der Waals surface area contributed by atoms with Crippen LogP contribution >= 0.6 is 0 Å².